The van der Waals surface area contributed by atoms with Crippen LogP contribution in [0.3, 0.4) is 0 Å². The summed E-state index contributed by atoms with van der Waals surface area (Å²) in [6.07, 6.45) is 8.29. The summed E-state index contributed by atoms with van der Waals surface area (Å²) in [5, 5.41) is 11.9. The SMILES string of the molecule is CCC(CC(N)=NO)N(CCC(C)C)C1CCCC1. The average Bonchev–Trinajstić information content (AvgIpc) is 2.90. The standard InChI is InChI=1S/C15H31N3O/c1-4-13(11-15(16)17-19)18(10-9-12(2)3)14-7-5-6-8-14/h12-14,19H,4-11H2,1-3H3,(H2,16,17). The van der Waals surface area contributed by atoms with Crippen LogP contribution in [0.5, 0.6) is 0 Å². The molecule has 1 rings (SSSR count). The Hall–Kier alpha value is -0.770. The summed E-state index contributed by atoms with van der Waals surface area (Å²) in [7, 11) is 0. The molecule has 0 radical (unpaired) electrons. The summed E-state index contributed by atoms with van der Waals surface area (Å²) in [6.45, 7) is 7.89. The van der Waals surface area contributed by atoms with Gasteiger partial charge in [0.2, 0.25) is 0 Å². The lowest BCUT2D eigenvalue weighted by Crippen LogP contribution is -2.44. The number of nitrogens with zero attached hydrogens (tertiary/aromatic N) is 2. The third kappa shape index (κ3) is 5.39. The van der Waals surface area contributed by atoms with E-state index in [1.807, 2.05) is 0 Å². The van der Waals surface area contributed by atoms with E-state index in [2.05, 4.69) is 30.8 Å². The first-order valence-corrected chi connectivity index (χ1v) is 7.80. The Bertz CT molecular complexity index is 273. The fourth-order valence-electron chi connectivity index (χ4n) is 3.08. The first kappa shape index (κ1) is 16.3. The molecule has 0 amide bonds. The minimum Gasteiger partial charge on any atom is -0.409 e. The molecule has 0 saturated heterocycles. The van der Waals surface area contributed by atoms with Gasteiger partial charge >= 0.3 is 0 Å². The van der Waals surface area contributed by atoms with E-state index in [1.165, 1.54) is 32.1 Å². The fraction of sp³-hybridized carbons (Fsp3) is 0.933. The second kappa shape index (κ2) is 8.41. The molecule has 1 saturated carbocycles. The highest BCUT2D eigenvalue weighted by atomic mass is 16.4. The van der Waals surface area contributed by atoms with Crippen molar-refractivity contribution >= 4 is 5.84 Å². The summed E-state index contributed by atoms with van der Waals surface area (Å²) in [4.78, 5) is 2.63. The zero-order valence-corrected chi connectivity index (χ0v) is 12.8. The van der Waals surface area contributed by atoms with E-state index in [9.17, 15) is 0 Å². The van der Waals surface area contributed by atoms with Crippen LogP contribution in [-0.4, -0.2) is 34.6 Å². The molecule has 0 aliphatic heterocycles. The largest absolute Gasteiger partial charge is 0.409 e. The maximum absolute atomic E-state index is 8.79. The second-order valence-corrected chi connectivity index (χ2v) is 6.22. The van der Waals surface area contributed by atoms with Crippen LogP contribution in [0.2, 0.25) is 0 Å². The quantitative estimate of drug-likeness (QED) is 0.308. The zero-order chi connectivity index (χ0) is 14.3. The fourth-order valence-corrected chi connectivity index (χ4v) is 3.08. The Balaban J connectivity index is 2.67. The molecule has 0 aromatic rings. The number of rotatable bonds is 8. The molecular weight excluding hydrogens is 238 g/mol. The lowest BCUT2D eigenvalue weighted by Gasteiger charge is -2.36. The minimum absolute atomic E-state index is 0.361. The molecule has 1 aliphatic carbocycles. The summed E-state index contributed by atoms with van der Waals surface area (Å²) in [5.41, 5.74) is 5.72. The lowest BCUT2D eigenvalue weighted by atomic mass is 10.0. The monoisotopic (exact) mass is 269 g/mol. The first-order chi connectivity index (χ1) is 9.08. The highest BCUT2D eigenvalue weighted by molar-refractivity contribution is 5.80. The minimum atomic E-state index is 0.361. The molecular formula is C15H31N3O. The van der Waals surface area contributed by atoms with Crippen molar-refractivity contribution in [3.63, 3.8) is 0 Å². The lowest BCUT2D eigenvalue weighted by molar-refractivity contribution is 0.126. The summed E-state index contributed by atoms with van der Waals surface area (Å²) in [6, 6.07) is 1.12. The van der Waals surface area contributed by atoms with Gasteiger partial charge in [-0.05, 0) is 38.1 Å². The molecule has 4 heteroatoms. The van der Waals surface area contributed by atoms with Crippen molar-refractivity contribution in [2.24, 2.45) is 16.8 Å². The second-order valence-electron chi connectivity index (χ2n) is 6.22. The first-order valence-electron chi connectivity index (χ1n) is 7.80. The van der Waals surface area contributed by atoms with Crippen LogP contribution in [0.25, 0.3) is 0 Å². The molecule has 1 atom stereocenters. The van der Waals surface area contributed by atoms with Gasteiger partial charge in [-0.3, -0.25) is 4.90 Å². The molecule has 4 nitrogen and oxygen atoms in total. The van der Waals surface area contributed by atoms with Crippen molar-refractivity contribution < 1.29 is 5.21 Å². The van der Waals surface area contributed by atoms with Gasteiger partial charge in [0.15, 0.2) is 0 Å². The van der Waals surface area contributed by atoms with Gasteiger partial charge in [-0.1, -0.05) is 38.8 Å². The van der Waals surface area contributed by atoms with Gasteiger partial charge < -0.3 is 10.9 Å². The Morgan fingerprint density at radius 2 is 2.00 bits per heavy atom. The van der Waals surface area contributed by atoms with E-state index in [0.717, 1.165) is 18.9 Å². The Labute approximate surface area is 118 Å². The topological polar surface area (TPSA) is 61.9 Å². The number of oxime groups is 1. The molecule has 0 spiro atoms. The molecule has 0 aromatic carbocycles. The molecule has 0 aromatic heterocycles. The number of hydrogen-bond donors (Lipinski definition) is 2. The van der Waals surface area contributed by atoms with Gasteiger partial charge in [0, 0.05) is 18.5 Å². The van der Waals surface area contributed by atoms with E-state index in [0.29, 0.717) is 24.3 Å². The van der Waals surface area contributed by atoms with Crippen molar-refractivity contribution in [3.8, 4) is 0 Å². The van der Waals surface area contributed by atoms with Gasteiger partial charge in [0.25, 0.3) is 0 Å². The molecule has 0 heterocycles. The summed E-state index contributed by atoms with van der Waals surface area (Å²) in [5.74, 6) is 1.09. The average molecular weight is 269 g/mol. The van der Waals surface area contributed by atoms with Crippen molar-refractivity contribution in [1.82, 2.24) is 4.90 Å². The van der Waals surface area contributed by atoms with Crippen LogP contribution in [0.15, 0.2) is 5.16 Å². The Morgan fingerprint density at radius 1 is 1.37 bits per heavy atom. The molecule has 3 N–H and O–H groups in total. The molecule has 0 bridgehead atoms. The maximum Gasteiger partial charge on any atom is 0.140 e. The van der Waals surface area contributed by atoms with Crippen molar-refractivity contribution in [2.45, 2.75) is 77.8 Å². The summed E-state index contributed by atoms with van der Waals surface area (Å²) >= 11 is 0. The van der Waals surface area contributed by atoms with E-state index in [4.69, 9.17) is 10.9 Å². The highest BCUT2D eigenvalue weighted by Crippen LogP contribution is 2.27. The normalized spacial score (nSPS) is 19.5. The van der Waals surface area contributed by atoms with Crippen molar-refractivity contribution in [3.05, 3.63) is 0 Å². The van der Waals surface area contributed by atoms with E-state index in [-0.39, 0.29) is 0 Å². The third-order valence-corrected chi connectivity index (χ3v) is 4.27. The molecule has 1 fully saturated rings. The van der Waals surface area contributed by atoms with E-state index >= 15 is 0 Å². The van der Waals surface area contributed by atoms with Crippen molar-refractivity contribution in [1.29, 1.82) is 0 Å². The van der Waals surface area contributed by atoms with Gasteiger partial charge in [-0.2, -0.15) is 0 Å². The van der Waals surface area contributed by atoms with E-state index in [1.54, 1.807) is 0 Å². The number of nitrogens with two attached hydrogens (primary N) is 1. The molecule has 1 unspecified atom stereocenters. The number of amidine groups is 1. The maximum atomic E-state index is 8.79. The van der Waals surface area contributed by atoms with Gasteiger partial charge in [-0.25, -0.2) is 0 Å². The van der Waals surface area contributed by atoms with Crippen LogP contribution in [0.1, 0.15) is 65.7 Å². The van der Waals surface area contributed by atoms with Crippen molar-refractivity contribution in [2.75, 3.05) is 6.54 Å². The van der Waals surface area contributed by atoms with Crippen LogP contribution in [0, 0.1) is 5.92 Å². The number of hydrogen-bond acceptors (Lipinski definition) is 3. The Morgan fingerprint density at radius 3 is 2.47 bits per heavy atom. The van der Waals surface area contributed by atoms with Gasteiger partial charge in [0.1, 0.15) is 5.84 Å². The smallest absolute Gasteiger partial charge is 0.140 e. The predicted octanol–water partition coefficient (Wildman–Crippen LogP) is 3.19. The van der Waals surface area contributed by atoms with Crippen LogP contribution in [-0.2, 0) is 0 Å². The van der Waals surface area contributed by atoms with Gasteiger partial charge in [-0.15, -0.1) is 0 Å². The molecule has 1 aliphatic rings. The Kier molecular flexibility index (Phi) is 7.21. The summed E-state index contributed by atoms with van der Waals surface area (Å²) < 4.78 is 0. The van der Waals surface area contributed by atoms with Gasteiger partial charge in [0.05, 0.1) is 0 Å². The van der Waals surface area contributed by atoms with Crippen LogP contribution >= 0.6 is 0 Å². The molecule has 112 valence electrons. The van der Waals surface area contributed by atoms with Crippen LogP contribution < -0.4 is 5.73 Å². The highest BCUT2D eigenvalue weighted by Gasteiger charge is 2.28. The molecule has 19 heavy (non-hydrogen) atoms. The predicted molar refractivity (Wildman–Crippen MR) is 80.5 cm³/mol. The van der Waals surface area contributed by atoms with Crippen LogP contribution in [0.4, 0.5) is 0 Å². The zero-order valence-electron chi connectivity index (χ0n) is 12.8. The third-order valence-electron chi connectivity index (χ3n) is 4.27. The van der Waals surface area contributed by atoms with E-state index < -0.39 is 0 Å².